The Morgan fingerprint density at radius 2 is 2.10 bits per heavy atom. The van der Waals surface area contributed by atoms with Crippen molar-refractivity contribution in [3.8, 4) is 0 Å². The molecule has 1 saturated carbocycles. The summed E-state index contributed by atoms with van der Waals surface area (Å²) in [5.41, 5.74) is 1.13. The van der Waals surface area contributed by atoms with Gasteiger partial charge in [0, 0.05) is 17.6 Å². The van der Waals surface area contributed by atoms with Gasteiger partial charge in [0.15, 0.2) is 0 Å². The lowest BCUT2D eigenvalue weighted by molar-refractivity contribution is -0.136. The van der Waals surface area contributed by atoms with Crippen LogP contribution in [-0.2, 0) is 11.2 Å². The van der Waals surface area contributed by atoms with Gasteiger partial charge in [-0.05, 0) is 40.0 Å². The maximum atomic E-state index is 12.8. The summed E-state index contributed by atoms with van der Waals surface area (Å²) in [6.45, 7) is 5.76. The number of furan rings is 1. The van der Waals surface area contributed by atoms with Gasteiger partial charge in [0.25, 0.3) is 5.91 Å². The molecule has 0 aromatic carbocycles. The third-order valence-corrected chi connectivity index (χ3v) is 3.84. The Hall–Kier alpha value is -1.78. The zero-order chi connectivity index (χ0) is 14.9. The van der Waals surface area contributed by atoms with E-state index in [4.69, 9.17) is 9.52 Å². The van der Waals surface area contributed by atoms with Crippen LogP contribution in [0, 0.1) is 6.92 Å². The number of rotatable bonds is 5. The van der Waals surface area contributed by atoms with Gasteiger partial charge in [-0.3, -0.25) is 9.59 Å². The number of carboxylic acids is 1. The highest BCUT2D eigenvalue weighted by molar-refractivity contribution is 5.97. The van der Waals surface area contributed by atoms with Crippen LogP contribution in [0.1, 0.15) is 54.8 Å². The first kappa shape index (κ1) is 14.6. The van der Waals surface area contributed by atoms with E-state index in [0.717, 1.165) is 19.3 Å². The third kappa shape index (κ3) is 2.71. The average molecular weight is 279 g/mol. The second-order valence-electron chi connectivity index (χ2n) is 5.68. The molecule has 1 amide bonds. The van der Waals surface area contributed by atoms with E-state index in [1.807, 2.05) is 18.7 Å². The normalized spacial score (nSPS) is 15.2. The minimum atomic E-state index is -0.992. The number of carbonyl (C=O) groups excluding carboxylic acids is 1. The predicted molar refractivity (Wildman–Crippen MR) is 73.7 cm³/mol. The van der Waals surface area contributed by atoms with E-state index < -0.39 is 5.97 Å². The molecule has 5 heteroatoms. The van der Waals surface area contributed by atoms with Gasteiger partial charge in [-0.2, -0.15) is 0 Å². The molecule has 1 aromatic rings. The molecule has 0 radical (unpaired) electrons. The molecule has 2 rings (SSSR count). The van der Waals surface area contributed by atoms with Gasteiger partial charge in [-0.25, -0.2) is 0 Å². The zero-order valence-corrected chi connectivity index (χ0v) is 12.2. The van der Waals surface area contributed by atoms with E-state index in [1.165, 1.54) is 6.26 Å². The van der Waals surface area contributed by atoms with Gasteiger partial charge in [-0.15, -0.1) is 0 Å². The molecule has 0 aliphatic heterocycles. The highest BCUT2D eigenvalue weighted by Crippen LogP contribution is 2.30. The van der Waals surface area contributed by atoms with Crippen LogP contribution in [0.15, 0.2) is 10.7 Å². The van der Waals surface area contributed by atoms with Crippen molar-refractivity contribution >= 4 is 11.9 Å². The molecule has 20 heavy (non-hydrogen) atoms. The van der Waals surface area contributed by atoms with Gasteiger partial charge in [-0.1, -0.05) is 0 Å². The molecular weight excluding hydrogens is 258 g/mol. The molecule has 5 nitrogen and oxygen atoms in total. The fourth-order valence-corrected chi connectivity index (χ4v) is 2.67. The second-order valence-corrected chi connectivity index (χ2v) is 5.68. The van der Waals surface area contributed by atoms with Gasteiger partial charge in [0.1, 0.15) is 12.2 Å². The molecule has 1 N–H and O–H groups in total. The SMILES string of the molecule is Cc1coc(CC(=O)O)c1C(=O)N(C(C)C)C1CCC1. The van der Waals surface area contributed by atoms with E-state index in [0.29, 0.717) is 11.1 Å². The summed E-state index contributed by atoms with van der Waals surface area (Å²) in [5, 5.41) is 8.91. The fraction of sp³-hybridized carbons (Fsp3) is 0.600. The van der Waals surface area contributed by atoms with Crippen LogP contribution in [-0.4, -0.2) is 34.0 Å². The molecule has 1 fully saturated rings. The first-order valence-corrected chi connectivity index (χ1v) is 7.03. The second kappa shape index (κ2) is 5.69. The van der Waals surface area contributed by atoms with Crippen molar-refractivity contribution in [1.29, 1.82) is 0 Å². The van der Waals surface area contributed by atoms with Crippen LogP contribution in [0.3, 0.4) is 0 Å². The van der Waals surface area contributed by atoms with Gasteiger partial charge >= 0.3 is 5.97 Å². The maximum Gasteiger partial charge on any atom is 0.311 e. The summed E-state index contributed by atoms with van der Waals surface area (Å²) in [4.78, 5) is 25.5. The van der Waals surface area contributed by atoms with E-state index in [2.05, 4.69) is 0 Å². The zero-order valence-electron chi connectivity index (χ0n) is 12.2. The number of aryl methyl sites for hydroxylation is 1. The van der Waals surface area contributed by atoms with Crippen LogP contribution in [0.2, 0.25) is 0 Å². The summed E-state index contributed by atoms with van der Waals surface area (Å²) >= 11 is 0. The smallest absolute Gasteiger partial charge is 0.311 e. The number of carboxylic acid groups (broad SMARTS) is 1. The number of amides is 1. The summed E-state index contributed by atoms with van der Waals surface area (Å²) in [7, 11) is 0. The topological polar surface area (TPSA) is 70.7 Å². The van der Waals surface area contributed by atoms with Gasteiger partial charge in [0.05, 0.1) is 11.8 Å². The van der Waals surface area contributed by atoms with Crippen LogP contribution < -0.4 is 0 Å². The standard InChI is InChI=1S/C15H21NO4/c1-9(2)16(11-5-4-6-11)15(19)14-10(3)8-20-12(14)7-13(17)18/h8-9,11H,4-7H2,1-3H3,(H,17,18). The summed E-state index contributed by atoms with van der Waals surface area (Å²) in [6.07, 6.45) is 4.40. The summed E-state index contributed by atoms with van der Waals surface area (Å²) < 4.78 is 5.26. The van der Waals surface area contributed by atoms with Gasteiger partial charge in [0.2, 0.25) is 0 Å². The van der Waals surface area contributed by atoms with E-state index in [9.17, 15) is 9.59 Å². The number of hydrogen-bond acceptors (Lipinski definition) is 3. The van der Waals surface area contributed by atoms with Crippen molar-refractivity contribution in [3.05, 3.63) is 23.2 Å². The molecule has 1 aliphatic carbocycles. The third-order valence-electron chi connectivity index (χ3n) is 3.84. The molecule has 0 unspecified atom stereocenters. The quantitative estimate of drug-likeness (QED) is 0.899. The highest BCUT2D eigenvalue weighted by atomic mass is 16.4. The van der Waals surface area contributed by atoms with E-state index >= 15 is 0 Å². The van der Waals surface area contributed by atoms with Crippen LogP contribution in [0.4, 0.5) is 0 Å². The predicted octanol–water partition coefficient (Wildman–Crippen LogP) is 2.62. The number of nitrogens with zero attached hydrogens (tertiary/aromatic N) is 1. The van der Waals surface area contributed by atoms with Crippen molar-refractivity contribution in [2.75, 3.05) is 0 Å². The fourth-order valence-electron chi connectivity index (χ4n) is 2.67. The van der Waals surface area contributed by atoms with Crippen molar-refractivity contribution in [3.63, 3.8) is 0 Å². The highest BCUT2D eigenvalue weighted by Gasteiger charge is 2.34. The molecule has 0 atom stereocenters. The Balaban J connectivity index is 2.31. The largest absolute Gasteiger partial charge is 0.481 e. The monoisotopic (exact) mass is 279 g/mol. The van der Waals surface area contributed by atoms with Crippen LogP contribution in [0.5, 0.6) is 0 Å². The maximum absolute atomic E-state index is 12.8. The number of aliphatic carboxylic acids is 1. The molecule has 0 saturated heterocycles. The lowest BCUT2D eigenvalue weighted by atomic mass is 9.89. The van der Waals surface area contributed by atoms with Crippen LogP contribution in [0.25, 0.3) is 0 Å². The van der Waals surface area contributed by atoms with E-state index in [1.54, 1.807) is 6.92 Å². The van der Waals surface area contributed by atoms with Gasteiger partial charge < -0.3 is 14.4 Å². The lowest BCUT2D eigenvalue weighted by Crippen LogP contribution is -2.48. The van der Waals surface area contributed by atoms with Crippen molar-refractivity contribution < 1.29 is 19.1 Å². The molecule has 110 valence electrons. The minimum Gasteiger partial charge on any atom is -0.481 e. The van der Waals surface area contributed by atoms with Crippen molar-refractivity contribution in [1.82, 2.24) is 4.90 Å². The molecule has 1 aromatic heterocycles. The number of carbonyl (C=O) groups is 2. The number of hydrogen-bond donors (Lipinski definition) is 1. The Morgan fingerprint density at radius 1 is 1.45 bits per heavy atom. The first-order chi connectivity index (χ1) is 9.41. The van der Waals surface area contributed by atoms with Crippen LogP contribution >= 0.6 is 0 Å². The molecule has 0 spiro atoms. The summed E-state index contributed by atoms with van der Waals surface area (Å²) in [5.74, 6) is -0.842. The lowest BCUT2D eigenvalue weighted by Gasteiger charge is -2.40. The molecule has 1 heterocycles. The molecule has 0 bridgehead atoms. The minimum absolute atomic E-state index is 0.0970. The Kier molecular flexibility index (Phi) is 4.16. The van der Waals surface area contributed by atoms with E-state index in [-0.39, 0.29) is 30.2 Å². The van der Waals surface area contributed by atoms with Crippen molar-refractivity contribution in [2.45, 2.75) is 58.5 Å². The molecule has 1 aliphatic rings. The summed E-state index contributed by atoms with van der Waals surface area (Å²) in [6, 6.07) is 0.370. The Morgan fingerprint density at radius 3 is 2.55 bits per heavy atom. The van der Waals surface area contributed by atoms with Crippen molar-refractivity contribution in [2.24, 2.45) is 0 Å². The Bertz CT molecular complexity index is 514. The Labute approximate surface area is 118 Å². The molecular formula is C15H21NO4. The average Bonchev–Trinajstić information content (AvgIpc) is 2.62. The first-order valence-electron chi connectivity index (χ1n) is 7.03.